The molecule has 0 fully saturated rings. The number of rotatable bonds is 6. The van der Waals surface area contributed by atoms with Crippen molar-refractivity contribution >= 4 is 34.4 Å². The average Bonchev–Trinajstić information content (AvgIpc) is 2.81. The standard InChI is InChI=1S/C25H23N3OS/c1-30-23-15-14-22-20(13-8-16-26-22)24(23)28-25(29)27-17-21(18-9-4-2-5-10-18)19-11-6-3-7-12-19/h2-16,21H,17H2,1H3,(H2,27,28,29). The summed E-state index contributed by atoms with van der Waals surface area (Å²) in [7, 11) is 0. The van der Waals surface area contributed by atoms with Crippen molar-refractivity contribution in [1.29, 1.82) is 0 Å². The molecule has 2 N–H and O–H groups in total. The van der Waals surface area contributed by atoms with Gasteiger partial charge in [-0.3, -0.25) is 4.98 Å². The highest BCUT2D eigenvalue weighted by Crippen LogP contribution is 2.32. The predicted molar refractivity (Wildman–Crippen MR) is 125 cm³/mol. The van der Waals surface area contributed by atoms with Crippen molar-refractivity contribution in [2.24, 2.45) is 0 Å². The number of urea groups is 1. The smallest absolute Gasteiger partial charge is 0.319 e. The summed E-state index contributed by atoms with van der Waals surface area (Å²) < 4.78 is 0. The molecule has 0 radical (unpaired) electrons. The SMILES string of the molecule is CSc1ccc2ncccc2c1NC(=O)NCC(c1ccccc1)c1ccccc1. The first-order chi connectivity index (χ1) is 14.8. The lowest BCUT2D eigenvalue weighted by Gasteiger charge is -2.20. The second kappa shape index (κ2) is 9.46. The van der Waals surface area contributed by atoms with Crippen molar-refractivity contribution in [2.45, 2.75) is 10.8 Å². The van der Waals surface area contributed by atoms with E-state index in [0.717, 1.165) is 21.5 Å². The molecule has 0 spiro atoms. The highest BCUT2D eigenvalue weighted by molar-refractivity contribution is 7.98. The lowest BCUT2D eigenvalue weighted by Crippen LogP contribution is -2.33. The van der Waals surface area contributed by atoms with Crippen LogP contribution in [0.4, 0.5) is 10.5 Å². The van der Waals surface area contributed by atoms with Gasteiger partial charge in [0.25, 0.3) is 0 Å². The number of anilines is 1. The van der Waals surface area contributed by atoms with E-state index in [1.54, 1.807) is 18.0 Å². The van der Waals surface area contributed by atoms with Crippen LogP contribution >= 0.6 is 11.8 Å². The van der Waals surface area contributed by atoms with Gasteiger partial charge >= 0.3 is 6.03 Å². The Bertz CT molecular complexity index is 1090. The molecule has 0 aliphatic heterocycles. The van der Waals surface area contributed by atoms with Crippen molar-refractivity contribution in [3.8, 4) is 0 Å². The van der Waals surface area contributed by atoms with Crippen molar-refractivity contribution in [2.75, 3.05) is 18.1 Å². The monoisotopic (exact) mass is 413 g/mol. The summed E-state index contributed by atoms with van der Waals surface area (Å²) in [4.78, 5) is 18.2. The third kappa shape index (κ3) is 4.47. The Hall–Kier alpha value is -3.31. The maximum Gasteiger partial charge on any atom is 0.319 e. The fraction of sp³-hybridized carbons (Fsp3) is 0.120. The van der Waals surface area contributed by atoms with E-state index in [1.807, 2.05) is 66.9 Å². The second-order valence-corrected chi connectivity index (χ2v) is 7.77. The van der Waals surface area contributed by atoms with Crippen molar-refractivity contribution < 1.29 is 4.79 Å². The number of hydrogen-bond acceptors (Lipinski definition) is 3. The number of aromatic nitrogens is 1. The summed E-state index contributed by atoms with van der Waals surface area (Å²) in [5.74, 6) is 0.0763. The molecule has 30 heavy (non-hydrogen) atoms. The number of nitrogens with one attached hydrogen (secondary N) is 2. The van der Waals surface area contributed by atoms with Gasteiger partial charge in [-0.2, -0.15) is 0 Å². The number of carbonyl (C=O) groups is 1. The highest BCUT2D eigenvalue weighted by Gasteiger charge is 2.16. The Morgan fingerprint density at radius 1 is 0.900 bits per heavy atom. The van der Waals surface area contributed by atoms with Gasteiger partial charge in [0.2, 0.25) is 0 Å². The number of fused-ring (bicyclic) bond motifs is 1. The highest BCUT2D eigenvalue weighted by atomic mass is 32.2. The third-order valence-electron chi connectivity index (χ3n) is 5.08. The summed E-state index contributed by atoms with van der Waals surface area (Å²) in [5, 5.41) is 7.05. The number of amides is 2. The lowest BCUT2D eigenvalue weighted by atomic mass is 9.91. The molecule has 0 aliphatic rings. The van der Waals surface area contributed by atoms with Crippen LogP contribution in [0, 0.1) is 0 Å². The van der Waals surface area contributed by atoms with Crippen LogP contribution in [-0.4, -0.2) is 23.8 Å². The van der Waals surface area contributed by atoms with Crippen LogP contribution in [0.1, 0.15) is 17.0 Å². The molecular weight excluding hydrogens is 390 g/mol. The second-order valence-electron chi connectivity index (χ2n) is 6.92. The van der Waals surface area contributed by atoms with E-state index < -0.39 is 0 Å². The van der Waals surface area contributed by atoms with Gasteiger partial charge in [-0.05, 0) is 41.6 Å². The molecule has 5 heteroatoms. The zero-order chi connectivity index (χ0) is 20.8. The van der Waals surface area contributed by atoms with Crippen molar-refractivity contribution in [3.05, 3.63) is 102 Å². The molecule has 2 amide bonds. The van der Waals surface area contributed by atoms with Gasteiger partial charge in [0.15, 0.2) is 0 Å². The molecule has 1 heterocycles. The summed E-state index contributed by atoms with van der Waals surface area (Å²) in [6, 6.07) is 28.1. The zero-order valence-corrected chi connectivity index (χ0v) is 17.5. The molecule has 4 aromatic rings. The van der Waals surface area contributed by atoms with E-state index in [2.05, 4.69) is 39.9 Å². The molecule has 0 aliphatic carbocycles. The van der Waals surface area contributed by atoms with Gasteiger partial charge in [0.05, 0.1) is 11.2 Å². The summed E-state index contributed by atoms with van der Waals surface area (Å²) in [6.45, 7) is 0.497. The van der Waals surface area contributed by atoms with Crippen molar-refractivity contribution in [1.82, 2.24) is 10.3 Å². The number of carbonyl (C=O) groups excluding carboxylic acids is 1. The van der Waals surface area contributed by atoms with Gasteiger partial charge in [-0.25, -0.2) is 4.79 Å². The Balaban J connectivity index is 1.55. The lowest BCUT2D eigenvalue weighted by molar-refractivity contribution is 0.252. The van der Waals surface area contributed by atoms with E-state index in [1.165, 1.54) is 11.1 Å². The largest absolute Gasteiger partial charge is 0.337 e. The molecule has 0 bridgehead atoms. The Kier molecular flexibility index (Phi) is 6.30. The number of nitrogens with zero attached hydrogens (tertiary/aromatic N) is 1. The number of thioether (sulfide) groups is 1. The van der Waals surface area contributed by atoms with Gasteiger partial charge in [-0.1, -0.05) is 60.7 Å². The topological polar surface area (TPSA) is 54.0 Å². The van der Waals surface area contributed by atoms with Crippen molar-refractivity contribution in [3.63, 3.8) is 0 Å². The minimum absolute atomic E-state index is 0.0763. The van der Waals surface area contributed by atoms with E-state index in [-0.39, 0.29) is 11.9 Å². The molecule has 1 aromatic heterocycles. The zero-order valence-electron chi connectivity index (χ0n) is 16.7. The summed E-state index contributed by atoms with van der Waals surface area (Å²) in [6.07, 6.45) is 3.76. The molecule has 0 saturated carbocycles. The maximum absolute atomic E-state index is 12.8. The first-order valence-electron chi connectivity index (χ1n) is 9.82. The van der Waals surface area contributed by atoms with Crippen LogP contribution in [0.15, 0.2) is 96.0 Å². The Morgan fingerprint density at radius 3 is 2.20 bits per heavy atom. The minimum atomic E-state index is -0.224. The summed E-state index contributed by atoms with van der Waals surface area (Å²) >= 11 is 1.60. The molecule has 0 saturated heterocycles. The maximum atomic E-state index is 12.8. The van der Waals surface area contributed by atoms with Gasteiger partial charge < -0.3 is 10.6 Å². The third-order valence-corrected chi connectivity index (χ3v) is 5.86. The quantitative estimate of drug-likeness (QED) is 0.386. The molecule has 0 unspecified atom stereocenters. The first kappa shape index (κ1) is 20.0. The van der Waals surface area contributed by atoms with Crippen LogP contribution in [0.3, 0.4) is 0 Å². The van der Waals surface area contributed by atoms with Crippen LogP contribution in [0.5, 0.6) is 0 Å². The summed E-state index contributed by atoms with van der Waals surface area (Å²) in [5.41, 5.74) is 3.99. The average molecular weight is 414 g/mol. The number of pyridine rings is 1. The Labute approximate surface area is 180 Å². The minimum Gasteiger partial charge on any atom is -0.337 e. The predicted octanol–water partition coefficient (Wildman–Crippen LogP) is 5.91. The molecule has 4 rings (SSSR count). The van der Waals surface area contributed by atoms with Crippen LogP contribution in [0.2, 0.25) is 0 Å². The molecule has 3 aromatic carbocycles. The van der Waals surface area contributed by atoms with Gasteiger partial charge in [0, 0.05) is 28.9 Å². The van der Waals surface area contributed by atoms with E-state index in [9.17, 15) is 4.79 Å². The fourth-order valence-corrected chi connectivity index (χ4v) is 4.15. The molecule has 4 nitrogen and oxygen atoms in total. The van der Waals surface area contributed by atoms with E-state index in [0.29, 0.717) is 6.54 Å². The van der Waals surface area contributed by atoms with E-state index in [4.69, 9.17) is 0 Å². The van der Waals surface area contributed by atoms with Gasteiger partial charge in [-0.15, -0.1) is 11.8 Å². The first-order valence-corrected chi connectivity index (χ1v) is 11.0. The fourth-order valence-electron chi connectivity index (χ4n) is 3.58. The van der Waals surface area contributed by atoms with Crippen LogP contribution in [0.25, 0.3) is 10.9 Å². The van der Waals surface area contributed by atoms with E-state index >= 15 is 0 Å². The number of benzene rings is 3. The van der Waals surface area contributed by atoms with Crippen LogP contribution < -0.4 is 10.6 Å². The molecular formula is C25H23N3OS. The van der Waals surface area contributed by atoms with Gasteiger partial charge in [0.1, 0.15) is 0 Å². The number of hydrogen-bond donors (Lipinski definition) is 2. The molecule has 150 valence electrons. The normalized spacial score (nSPS) is 10.9. The van der Waals surface area contributed by atoms with Crippen LogP contribution in [-0.2, 0) is 0 Å². The Morgan fingerprint density at radius 2 is 1.57 bits per heavy atom. The molecule has 0 atom stereocenters.